The van der Waals surface area contributed by atoms with Crippen LogP contribution >= 0.6 is 0 Å². The number of hydrogen-bond acceptors (Lipinski definition) is 3. The smallest absolute Gasteiger partial charge is 0.316 e. The van der Waals surface area contributed by atoms with Crippen LogP contribution in [-0.4, -0.2) is 28.6 Å². The maximum absolute atomic E-state index is 11.3. The van der Waals surface area contributed by atoms with E-state index in [4.69, 9.17) is 0 Å². The molecule has 84 valence electrons. The summed E-state index contributed by atoms with van der Waals surface area (Å²) in [5.74, 6) is -1.35. The Hall–Kier alpha value is -2.04. The maximum atomic E-state index is 11.3. The normalized spacial score (nSPS) is 24.1. The van der Waals surface area contributed by atoms with E-state index in [9.17, 15) is 19.8 Å². The van der Waals surface area contributed by atoms with Crippen LogP contribution in [0.15, 0.2) is 24.3 Å². The minimum atomic E-state index is -1.25. The number of hydrogen-bond donors (Lipinski definition) is 3. The molecule has 0 aliphatic carbocycles. The third-order valence-electron chi connectivity index (χ3n) is 2.86. The summed E-state index contributed by atoms with van der Waals surface area (Å²) in [5, 5.41) is 21.1. The van der Waals surface area contributed by atoms with Gasteiger partial charge in [0.2, 0.25) is 5.91 Å². The largest absolute Gasteiger partial charge is 0.508 e. The van der Waals surface area contributed by atoms with Gasteiger partial charge in [0.1, 0.15) is 11.2 Å². The van der Waals surface area contributed by atoms with Gasteiger partial charge in [-0.3, -0.25) is 9.59 Å². The van der Waals surface area contributed by atoms with Gasteiger partial charge >= 0.3 is 5.97 Å². The Balaban J connectivity index is 2.48. The highest BCUT2D eigenvalue weighted by molar-refractivity contribution is 5.93. The lowest BCUT2D eigenvalue weighted by atomic mass is 9.79. The number of phenols is 1. The zero-order valence-electron chi connectivity index (χ0n) is 8.43. The van der Waals surface area contributed by atoms with Crippen molar-refractivity contribution in [2.45, 2.75) is 11.8 Å². The van der Waals surface area contributed by atoms with Gasteiger partial charge in [0.25, 0.3) is 0 Å². The molecule has 1 heterocycles. The predicted octanol–water partition coefficient (Wildman–Crippen LogP) is 0.235. The Bertz CT molecular complexity index is 457. The van der Waals surface area contributed by atoms with Crippen molar-refractivity contribution in [3.05, 3.63) is 29.8 Å². The van der Waals surface area contributed by atoms with E-state index >= 15 is 0 Å². The Labute approximate surface area is 91.7 Å². The van der Waals surface area contributed by atoms with Gasteiger partial charge < -0.3 is 15.5 Å². The first-order valence-corrected chi connectivity index (χ1v) is 4.84. The fourth-order valence-electron chi connectivity index (χ4n) is 1.93. The molecule has 0 aromatic heterocycles. The molecule has 1 saturated heterocycles. The minimum Gasteiger partial charge on any atom is -0.508 e. The molecule has 0 saturated carbocycles. The summed E-state index contributed by atoms with van der Waals surface area (Å²) in [6, 6.07) is 6.02. The molecule has 1 unspecified atom stereocenters. The third kappa shape index (κ3) is 1.50. The van der Waals surface area contributed by atoms with E-state index in [1.54, 1.807) is 12.1 Å². The van der Waals surface area contributed by atoms with E-state index in [-0.39, 0.29) is 24.6 Å². The lowest BCUT2D eigenvalue weighted by molar-refractivity contribution is -0.143. The van der Waals surface area contributed by atoms with Gasteiger partial charge in [0.15, 0.2) is 0 Å². The molecule has 1 atom stereocenters. The number of rotatable bonds is 2. The molecule has 5 heteroatoms. The van der Waals surface area contributed by atoms with Crippen molar-refractivity contribution in [2.75, 3.05) is 6.54 Å². The molecule has 1 aliphatic rings. The highest BCUT2D eigenvalue weighted by Crippen LogP contribution is 2.33. The molecule has 1 aromatic rings. The first-order valence-electron chi connectivity index (χ1n) is 4.84. The summed E-state index contributed by atoms with van der Waals surface area (Å²) in [7, 11) is 0. The lowest BCUT2D eigenvalue weighted by Gasteiger charge is -2.22. The van der Waals surface area contributed by atoms with Gasteiger partial charge in [-0.25, -0.2) is 0 Å². The monoisotopic (exact) mass is 221 g/mol. The molecule has 1 aliphatic heterocycles. The molecule has 0 bridgehead atoms. The van der Waals surface area contributed by atoms with Crippen LogP contribution in [0.5, 0.6) is 5.75 Å². The maximum Gasteiger partial charge on any atom is 0.316 e. The van der Waals surface area contributed by atoms with E-state index in [1.807, 2.05) is 0 Å². The number of carbonyl (C=O) groups excluding carboxylic acids is 1. The number of carboxylic acids is 1. The Morgan fingerprint density at radius 2 is 2.19 bits per heavy atom. The lowest BCUT2D eigenvalue weighted by Crippen LogP contribution is -2.37. The Kier molecular flexibility index (Phi) is 2.30. The number of aromatic hydroxyl groups is 1. The molecule has 0 spiro atoms. The van der Waals surface area contributed by atoms with Crippen molar-refractivity contribution in [1.82, 2.24) is 5.32 Å². The topological polar surface area (TPSA) is 86.6 Å². The van der Waals surface area contributed by atoms with Crippen molar-refractivity contribution in [1.29, 1.82) is 0 Å². The fraction of sp³-hybridized carbons (Fsp3) is 0.273. The number of nitrogens with one attached hydrogen (secondary N) is 1. The first kappa shape index (κ1) is 10.5. The zero-order chi connectivity index (χ0) is 11.8. The van der Waals surface area contributed by atoms with Crippen molar-refractivity contribution in [3.63, 3.8) is 0 Å². The molecule has 5 nitrogen and oxygen atoms in total. The standard InChI is InChI=1S/C11H11NO4/c13-8-3-1-2-7(4-8)11(10(15)16)5-9(14)12-6-11/h1-4,13H,5-6H2,(H,12,14)(H,15,16). The van der Waals surface area contributed by atoms with Crippen molar-refractivity contribution >= 4 is 11.9 Å². The number of amides is 1. The van der Waals surface area contributed by atoms with Crippen LogP contribution in [0, 0.1) is 0 Å². The molecule has 1 fully saturated rings. The van der Waals surface area contributed by atoms with Crippen LogP contribution in [0.25, 0.3) is 0 Å². The van der Waals surface area contributed by atoms with Crippen molar-refractivity contribution in [3.8, 4) is 5.75 Å². The summed E-state index contributed by atoms with van der Waals surface area (Å²) in [6.07, 6.45) is -0.0915. The molecule has 1 amide bonds. The van der Waals surface area contributed by atoms with Crippen LogP contribution in [0.3, 0.4) is 0 Å². The predicted molar refractivity (Wildman–Crippen MR) is 55.0 cm³/mol. The summed E-state index contributed by atoms with van der Waals surface area (Å²) in [4.78, 5) is 22.5. The average Bonchev–Trinajstić information content (AvgIpc) is 2.62. The van der Waals surface area contributed by atoms with Crippen LogP contribution in [0.1, 0.15) is 12.0 Å². The molecule has 2 rings (SSSR count). The summed E-state index contributed by atoms with van der Waals surface area (Å²) in [5.41, 5.74) is -0.811. The minimum absolute atomic E-state index is 0.00234. The molecule has 1 aromatic carbocycles. The van der Waals surface area contributed by atoms with Gasteiger partial charge in [0.05, 0.1) is 0 Å². The van der Waals surface area contributed by atoms with E-state index in [0.717, 1.165) is 0 Å². The number of carboxylic acid groups (broad SMARTS) is 1. The Morgan fingerprint density at radius 3 is 2.69 bits per heavy atom. The second-order valence-corrected chi connectivity index (χ2v) is 3.89. The quantitative estimate of drug-likeness (QED) is 0.667. The second kappa shape index (κ2) is 3.52. The molecule has 16 heavy (non-hydrogen) atoms. The number of benzene rings is 1. The highest BCUT2D eigenvalue weighted by atomic mass is 16.4. The Morgan fingerprint density at radius 1 is 1.44 bits per heavy atom. The first-order chi connectivity index (χ1) is 7.54. The van der Waals surface area contributed by atoms with Gasteiger partial charge in [-0.2, -0.15) is 0 Å². The van der Waals surface area contributed by atoms with Crippen LogP contribution in [0.4, 0.5) is 0 Å². The molecule has 3 N–H and O–H groups in total. The van der Waals surface area contributed by atoms with E-state index in [1.165, 1.54) is 12.1 Å². The average molecular weight is 221 g/mol. The van der Waals surface area contributed by atoms with E-state index in [2.05, 4.69) is 5.32 Å². The number of carbonyl (C=O) groups is 2. The van der Waals surface area contributed by atoms with E-state index < -0.39 is 11.4 Å². The van der Waals surface area contributed by atoms with Crippen LogP contribution in [0.2, 0.25) is 0 Å². The van der Waals surface area contributed by atoms with Crippen LogP contribution in [-0.2, 0) is 15.0 Å². The van der Waals surface area contributed by atoms with Gasteiger partial charge in [0, 0.05) is 13.0 Å². The van der Waals surface area contributed by atoms with Gasteiger partial charge in [-0.05, 0) is 17.7 Å². The molecular weight excluding hydrogens is 210 g/mol. The highest BCUT2D eigenvalue weighted by Gasteiger charge is 2.47. The van der Waals surface area contributed by atoms with Crippen LogP contribution < -0.4 is 5.32 Å². The van der Waals surface area contributed by atoms with Gasteiger partial charge in [-0.1, -0.05) is 12.1 Å². The van der Waals surface area contributed by atoms with Crippen molar-refractivity contribution in [2.24, 2.45) is 0 Å². The number of phenolic OH excluding ortho intramolecular Hbond substituents is 1. The number of aliphatic carboxylic acids is 1. The van der Waals surface area contributed by atoms with E-state index in [0.29, 0.717) is 5.56 Å². The summed E-state index contributed by atoms with van der Waals surface area (Å²) in [6.45, 7) is 0.0601. The summed E-state index contributed by atoms with van der Waals surface area (Å²) < 4.78 is 0. The molecular formula is C11H11NO4. The SMILES string of the molecule is O=C1CC(C(=O)O)(c2cccc(O)c2)CN1. The fourth-order valence-corrected chi connectivity index (χ4v) is 1.93. The van der Waals surface area contributed by atoms with Crippen molar-refractivity contribution < 1.29 is 19.8 Å². The van der Waals surface area contributed by atoms with Gasteiger partial charge in [-0.15, -0.1) is 0 Å². The molecule has 0 radical (unpaired) electrons. The summed E-state index contributed by atoms with van der Waals surface area (Å²) >= 11 is 0. The zero-order valence-corrected chi connectivity index (χ0v) is 8.43. The second-order valence-electron chi connectivity index (χ2n) is 3.89. The third-order valence-corrected chi connectivity index (χ3v) is 2.86.